The molecule has 4 rings (SSSR count). The first kappa shape index (κ1) is 10.9. The van der Waals surface area contributed by atoms with Gasteiger partial charge in [-0.25, -0.2) is 0 Å². The Bertz CT molecular complexity index is 548. The predicted octanol–water partition coefficient (Wildman–Crippen LogP) is 2.05. The van der Waals surface area contributed by atoms with Crippen molar-refractivity contribution in [2.24, 2.45) is 4.99 Å². The van der Waals surface area contributed by atoms with Crippen molar-refractivity contribution in [3.63, 3.8) is 0 Å². The molecule has 1 aliphatic carbocycles. The Balaban J connectivity index is 1.74. The summed E-state index contributed by atoms with van der Waals surface area (Å²) in [5.41, 5.74) is 3.62. The van der Waals surface area contributed by atoms with Crippen LogP contribution in [-0.2, 0) is 4.74 Å². The maximum atomic E-state index is 5.66. The van der Waals surface area contributed by atoms with E-state index >= 15 is 0 Å². The molecule has 1 fully saturated rings. The largest absolute Gasteiger partial charge is 0.464 e. The van der Waals surface area contributed by atoms with E-state index in [2.05, 4.69) is 33.4 Å². The summed E-state index contributed by atoms with van der Waals surface area (Å²) in [5.74, 6) is 0.942. The lowest BCUT2D eigenvalue weighted by Crippen LogP contribution is -2.31. The normalized spacial score (nSPS) is 28.2. The standard InChI is InChI=1S/C15H17N3O/c1-2-5-18(6-3-1)14-4-7-19-15-9-13-12(8-11(14)15)16-10-17-13/h4,7-10,13H,1-3,5-6H2,(H,16,17). The predicted molar refractivity (Wildman–Crippen MR) is 74.3 cm³/mol. The minimum Gasteiger partial charge on any atom is -0.464 e. The van der Waals surface area contributed by atoms with E-state index in [1.807, 2.05) is 0 Å². The Morgan fingerprint density at radius 2 is 2.16 bits per heavy atom. The zero-order valence-electron chi connectivity index (χ0n) is 10.8. The number of nitrogens with one attached hydrogen (secondary N) is 1. The minimum absolute atomic E-state index is 0.104. The monoisotopic (exact) mass is 255 g/mol. The minimum atomic E-state index is 0.104. The molecule has 0 aromatic rings. The molecule has 4 nitrogen and oxygen atoms in total. The molecule has 0 aromatic heterocycles. The maximum Gasteiger partial charge on any atom is 0.134 e. The molecule has 3 heterocycles. The van der Waals surface area contributed by atoms with Crippen LogP contribution in [0.5, 0.6) is 0 Å². The Morgan fingerprint density at radius 1 is 1.26 bits per heavy atom. The molecule has 4 aliphatic rings. The molecule has 0 saturated carbocycles. The van der Waals surface area contributed by atoms with Crippen molar-refractivity contribution in [3.05, 3.63) is 47.2 Å². The van der Waals surface area contributed by atoms with Crippen LogP contribution in [0, 0.1) is 0 Å². The molecular formula is C15H17N3O. The van der Waals surface area contributed by atoms with Gasteiger partial charge >= 0.3 is 0 Å². The van der Waals surface area contributed by atoms with Crippen LogP contribution >= 0.6 is 0 Å². The number of piperidine rings is 1. The average molecular weight is 255 g/mol. The third kappa shape index (κ3) is 1.79. The topological polar surface area (TPSA) is 36.9 Å². The second-order valence-corrected chi connectivity index (χ2v) is 5.27. The summed E-state index contributed by atoms with van der Waals surface area (Å²) in [6.45, 7) is 2.29. The highest BCUT2D eigenvalue weighted by atomic mass is 16.5. The number of rotatable bonds is 1. The van der Waals surface area contributed by atoms with Gasteiger partial charge in [-0.2, -0.15) is 0 Å². The van der Waals surface area contributed by atoms with E-state index in [0.717, 1.165) is 24.5 Å². The molecule has 0 bridgehead atoms. The van der Waals surface area contributed by atoms with Crippen LogP contribution in [0.25, 0.3) is 0 Å². The summed E-state index contributed by atoms with van der Waals surface area (Å²) in [5, 5.41) is 3.21. The van der Waals surface area contributed by atoms with Crippen LogP contribution in [0.2, 0.25) is 0 Å². The molecule has 1 N–H and O–H groups in total. The van der Waals surface area contributed by atoms with Gasteiger partial charge in [0, 0.05) is 24.4 Å². The van der Waals surface area contributed by atoms with E-state index in [0.29, 0.717) is 0 Å². The summed E-state index contributed by atoms with van der Waals surface area (Å²) in [7, 11) is 0. The Kier molecular flexibility index (Phi) is 2.47. The van der Waals surface area contributed by atoms with Gasteiger partial charge in [0.2, 0.25) is 0 Å². The van der Waals surface area contributed by atoms with Gasteiger partial charge in [0.15, 0.2) is 0 Å². The molecule has 0 aromatic carbocycles. The highest BCUT2D eigenvalue weighted by Gasteiger charge is 2.27. The lowest BCUT2D eigenvalue weighted by atomic mass is 9.97. The van der Waals surface area contributed by atoms with Crippen molar-refractivity contribution in [1.29, 1.82) is 0 Å². The number of hydrogen-bond donors (Lipinski definition) is 1. The molecule has 3 aliphatic heterocycles. The fraction of sp³-hybridized carbons (Fsp3) is 0.400. The first-order chi connectivity index (χ1) is 9.42. The Hall–Kier alpha value is -1.97. The van der Waals surface area contributed by atoms with E-state index in [4.69, 9.17) is 4.74 Å². The summed E-state index contributed by atoms with van der Waals surface area (Å²) in [6.07, 6.45) is 13.8. The number of aliphatic imine (C=N–C) groups is 1. The van der Waals surface area contributed by atoms with Crippen LogP contribution in [-0.4, -0.2) is 30.4 Å². The number of nitrogens with zero attached hydrogens (tertiary/aromatic N) is 2. The number of fused-ring (bicyclic) bond motifs is 2. The fourth-order valence-electron chi connectivity index (χ4n) is 3.05. The van der Waals surface area contributed by atoms with Crippen molar-refractivity contribution in [1.82, 2.24) is 10.2 Å². The van der Waals surface area contributed by atoms with Gasteiger partial charge in [0.1, 0.15) is 11.8 Å². The lowest BCUT2D eigenvalue weighted by molar-refractivity contribution is 0.277. The Labute approximate surface area is 112 Å². The lowest BCUT2D eigenvalue weighted by Gasteiger charge is -2.33. The van der Waals surface area contributed by atoms with Crippen molar-refractivity contribution in [3.8, 4) is 0 Å². The maximum absolute atomic E-state index is 5.66. The SMILES string of the molecule is C1=CC(N2CCCCC2)=C2C=C3NC=NC3C=C2O1. The number of likely N-dealkylation sites (tertiary alicyclic amines) is 1. The number of allylic oxidation sites excluding steroid dienone is 2. The molecule has 19 heavy (non-hydrogen) atoms. The van der Waals surface area contributed by atoms with Gasteiger partial charge in [-0.1, -0.05) is 0 Å². The van der Waals surface area contributed by atoms with Gasteiger partial charge in [0.05, 0.1) is 18.3 Å². The van der Waals surface area contributed by atoms with Crippen LogP contribution < -0.4 is 5.32 Å². The molecule has 0 amide bonds. The molecule has 0 radical (unpaired) electrons. The molecule has 1 saturated heterocycles. The van der Waals surface area contributed by atoms with E-state index < -0.39 is 0 Å². The smallest absolute Gasteiger partial charge is 0.134 e. The van der Waals surface area contributed by atoms with Gasteiger partial charge in [0.25, 0.3) is 0 Å². The van der Waals surface area contributed by atoms with Gasteiger partial charge in [-0.15, -0.1) is 0 Å². The second kappa shape index (κ2) is 4.30. The van der Waals surface area contributed by atoms with Crippen LogP contribution in [0.1, 0.15) is 19.3 Å². The Morgan fingerprint density at radius 3 is 3.05 bits per heavy atom. The van der Waals surface area contributed by atoms with Crippen LogP contribution in [0.3, 0.4) is 0 Å². The number of ether oxygens (including phenoxy) is 1. The zero-order chi connectivity index (χ0) is 12.7. The quantitative estimate of drug-likeness (QED) is 0.779. The van der Waals surface area contributed by atoms with Crippen molar-refractivity contribution in [2.45, 2.75) is 25.3 Å². The van der Waals surface area contributed by atoms with Crippen molar-refractivity contribution in [2.75, 3.05) is 13.1 Å². The van der Waals surface area contributed by atoms with Crippen LogP contribution in [0.15, 0.2) is 52.2 Å². The highest BCUT2D eigenvalue weighted by molar-refractivity contribution is 5.67. The first-order valence-corrected chi connectivity index (χ1v) is 6.96. The van der Waals surface area contributed by atoms with E-state index in [1.54, 1.807) is 12.6 Å². The van der Waals surface area contributed by atoms with E-state index in [1.165, 1.54) is 30.5 Å². The second-order valence-electron chi connectivity index (χ2n) is 5.27. The third-order valence-corrected chi connectivity index (χ3v) is 4.05. The molecular weight excluding hydrogens is 238 g/mol. The van der Waals surface area contributed by atoms with Crippen molar-refractivity contribution < 1.29 is 4.74 Å². The van der Waals surface area contributed by atoms with E-state index in [9.17, 15) is 0 Å². The van der Waals surface area contributed by atoms with Gasteiger partial charge in [-0.05, 0) is 37.5 Å². The molecule has 1 atom stereocenters. The van der Waals surface area contributed by atoms with Crippen LogP contribution in [0.4, 0.5) is 0 Å². The average Bonchev–Trinajstić information content (AvgIpc) is 2.92. The molecule has 0 spiro atoms. The third-order valence-electron chi connectivity index (χ3n) is 4.05. The van der Waals surface area contributed by atoms with Gasteiger partial charge in [-0.3, -0.25) is 4.99 Å². The highest BCUT2D eigenvalue weighted by Crippen LogP contribution is 2.33. The zero-order valence-corrected chi connectivity index (χ0v) is 10.8. The molecule has 4 heteroatoms. The van der Waals surface area contributed by atoms with E-state index in [-0.39, 0.29) is 6.04 Å². The number of hydrogen-bond acceptors (Lipinski definition) is 4. The van der Waals surface area contributed by atoms with Crippen molar-refractivity contribution >= 4 is 6.34 Å². The summed E-state index contributed by atoms with van der Waals surface area (Å²) in [4.78, 5) is 6.84. The molecule has 98 valence electrons. The summed E-state index contributed by atoms with van der Waals surface area (Å²) in [6, 6.07) is 0.104. The first-order valence-electron chi connectivity index (χ1n) is 6.96. The van der Waals surface area contributed by atoms with Gasteiger partial charge < -0.3 is 15.0 Å². The molecule has 1 unspecified atom stereocenters. The fourth-order valence-corrected chi connectivity index (χ4v) is 3.05. The summed E-state index contributed by atoms with van der Waals surface area (Å²) >= 11 is 0. The summed E-state index contributed by atoms with van der Waals surface area (Å²) < 4.78 is 5.66.